The van der Waals surface area contributed by atoms with Crippen molar-refractivity contribution in [1.82, 2.24) is 0 Å². The van der Waals surface area contributed by atoms with Crippen LogP contribution in [0.5, 0.6) is 0 Å². The van der Waals surface area contributed by atoms with E-state index in [9.17, 15) is 9.59 Å². The third kappa shape index (κ3) is 10.1. The second kappa shape index (κ2) is 14.2. The highest BCUT2D eigenvalue weighted by Gasteiger charge is 2.05. The smallest absolute Gasteiger partial charge is 0.305 e. The number of unbranched alkanes of at least 4 members (excludes halogenated alkanes) is 2. The number of benzene rings is 2. The van der Waals surface area contributed by atoms with E-state index in [-0.39, 0.29) is 18.5 Å². The molecule has 1 fully saturated rings. The van der Waals surface area contributed by atoms with E-state index < -0.39 is 0 Å². The number of rotatable bonds is 8. The van der Waals surface area contributed by atoms with Crippen LogP contribution in [-0.2, 0) is 14.3 Å². The quantitative estimate of drug-likeness (QED) is 0.418. The minimum Gasteiger partial charge on any atom is -0.466 e. The number of hydrogen-bond donors (Lipinski definition) is 3. The Bertz CT molecular complexity index is 738. The molecule has 0 bridgehead atoms. The minimum atomic E-state index is -0.0255. The summed E-state index contributed by atoms with van der Waals surface area (Å²) in [7, 11) is 0. The molecule has 0 spiro atoms. The van der Waals surface area contributed by atoms with Crippen LogP contribution in [0.1, 0.15) is 51.4 Å². The molecule has 1 aliphatic rings. The zero-order valence-electron chi connectivity index (χ0n) is 17.4. The number of para-hydroxylation sites is 1. The Morgan fingerprint density at radius 3 is 2.30 bits per heavy atom. The van der Waals surface area contributed by atoms with Crippen LogP contribution in [0.25, 0.3) is 0 Å². The molecule has 162 valence electrons. The Kier molecular flexibility index (Phi) is 11.1. The molecule has 0 aliphatic carbocycles. The van der Waals surface area contributed by atoms with Gasteiger partial charge in [0.15, 0.2) is 0 Å². The molecular formula is C24H32N2O4. The van der Waals surface area contributed by atoms with Crippen molar-refractivity contribution in [2.45, 2.75) is 51.4 Å². The first-order valence-electron chi connectivity index (χ1n) is 10.7. The maximum Gasteiger partial charge on any atom is 0.305 e. The van der Waals surface area contributed by atoms with Gasteiger partial charge >= 0.3 is 5.97 Å². The van der Waals surface area contributed by atoms with Gasteiger partial charge in [0.2, 0.25) is 5.91 Å². The predicted molar refractivity (Wildman–Crippen MR) is 120 cm³/mol. The SMILES string of the molecule is O=C(CCCCCO)Nc1ccc(Nc2ccccc2)cc1.O=C1CCCCCO1. The van der Waals surface area contributed by atoms with E-state index in [0.717, 1.165) is 55.6 Å². The van der Waals surface area contributed by atoms with E-state index in [4.69, 9.17) is 9.84 Å². The van der Waals surface area contributed by atoms with Gasteiger partial charge in [-0.1, -0.05) is 24.6 Å². The molecular weight excluding hydrogens is 380 g/mol. The molecule has 1 aliphatic heterocycles. The first kappa shape index (κ1) is 23.4. The van der Waals surface area contributed by atoms with Crippen molar-refractivity contribution in [2.75, 3.05) is 23.8 Å². The number of esters is 1. The van der Waals surface area contributed by atoms with Gasteiger partial charge in [0, 0.05) is 36.5 Å². The van der Waals surface area contributed by atoms with Crippen molar-refractivity contribution in [3.8, 4) is 0 Å². The number of nitrogens with one attached hydrogen (secondary N) is 2. The number of anilines is 3. The molecule has 1 saturated heterocycles. The monoisotopic (exact) mass is 412 g/mol. The number of cyclic esters (lactones) is 1. The van der Waals surface area contributed by atoms with Crippen LogP contribution in [0.4, 0.5) is 17.1 Å². The minimum absolute atomic E-state index is 0.0155. The third-order valence-corrected chi connectivity index (χ3v) is 4.58. The summed E-state index contributed by atoms with van der Waals surface area (Å²) >= 11 is 0. The molecule has 6 nitrogen and oxygen atoms in total. The van der Waals surface area contributed by atoms with E-state index in [1.54, 1.807) is 0 Å². The van der Waals surface area contributed by atoms with E-state index in [2.05, 4.69) is 10.6 Å². The number of aliphatic hydroxyl groups is 1. The molecule has 0 unspecified atom stereocenters. The fraction of sp³-hybridized carbons (Fsp3) is 0.417. The van der Waals surface area contributed by atoms with Gasteiger partial charge in [-0.05, 0) is 68.5 Å². The summed E-state index contributed by atoms with van der Waals surface area (Å²) in [5, 5.41) is 14.9. The number of aliphatic hydroxyl groups excluding tert-OH is 1. The van der Waals surface area contributed by atoms with E-state index in [1.165, 1.54) is 0 Å². The number of hydrogen-bond acceptors (Lipinski definition) is 5. The lowest BCUT2D eigenvalue weighted by molar-refractivity contribution is -0.142. The summed E-state index contributed by atoms with van der Waals surface area (Å²) in [5.74, 6) is -0.00999. The topological polar surface area (TPSA) is 87.7 Å². The highest BCUT2D eigenvalue weighted by atomic mass is 16.5. The first-order valence-corrected chi connectivity index (χ1v) is 10.7. The maximum atomic E-state index is 11.8. The fourth-order valence-electron chi connectivity index (χ4n) is 2.93. The van der Waals surface area contributed by atoms with Crippen molar-refractivity contribution in [2.24, 2.45) is 0 Å². The summed E-state index contributed by atoms with van der Waals surface area (Å²) in [6.07, 6.45) is 6.76. The Labute approximate surface area is 178 Å². The zero-order chi connectivity index (χ0) is 21.4. The molecule has 0 atom stereocenters. The van der Waals surface area contributed by atoms with Crippen LogP contribution < -0.4 is 10.6 Å². The average molecular weight is 413 g/mol. The van der Waals surface area contributed by atoms with Crippen molar-refractivity contribution in [3.63, 3.8) is 0 Å². The van der Waals surface area contributed by atoms with Crippen LogP contribution in [0.15, 0.2) is 54.6 Å². The van der Waals surface area contributed by atoms with Crippen molar-refractivity contribution >= 4 is 28.9 Å². The Morgan fingerprint density at radius 2 is 1.57 bits per heavy atom. The lowest BCUT2D eigenvalue weighted by Crippen LogP contribution is -2.11. The van der Waals surface area contributed by atoms with Gasteiger partial charge in [-0.15, -0.1) is 0 Å². The molecule has 2 aromatic rings. The summed E-state index contributed by atoms with van der Waals surface area (Å²) in [6.45, 7) is 0.830. The van der Waals surface area contributed by atoms with Crippen LogP contribution in [-0.4, -0.2) is 30.2 Å². The predicted octanol–water partition coefficient (Wildman–Crippen LogP) is 5.03. The summed E-state index contributed by atoms with van der Waals surface area (Å²) < 4.78 is 4.76. The van der Waals surface area contributed by atoms with Crippen molar-refractivity contribution < 1.29 is 19.4 Å². The van der Waals surface area contributed by atoms with Crippen LogP contribution in [0.3, 0.4) is 0 Å². The molecule has 6 heteroatoms. The van der Waals surface area contributed by atoms with Crippen LogP contribution in [0.2, 0.25) is 0 Å². The fourth-order valence-corrected chi connectivity index (χ4v) is 2.93. The number of amides is 1. The Hall–Kier alpha value is -2.86. The Balaban J connectivity index is 0.000000335. The molecule has 1 heterocycles. The number of ether oxygens (including phenoxy) is 1. The molecule has 1 amide bonds. The van der Waals surface area contributed by atoms with Gasteiger partial charge < -0.3 is 20.5 Å². The normalized spacial score (nSPS) is 13.3. The molecule has 2 aromatic carbocycles. The van der Waals surface area contributed by atoms with Gasteiger partial charge in [0.25, 0.3) is 0 Å². The van der Waals surface area contributed by atoms with Gasteiger partial charge in [-0.3, -0.25) is 9.59 Å². The lowest BCUT2D eigenvalue weighted by Gasteiger charge is -2.08. The van der Waals surface area contributed by atoms with E-state index >= 15 is 0 Å². The second-order valence-corrected chi connectivity index (χ2v) is 7.18. The average Bonchev–Trinajstić information content (AvgIpc) is 3.01. The van der Waals surface area contributed by atoms with E-state index in [1.807, 2.05) is 54.6 Å². The first-order chi connectivity index (χ1) is 14.7. The van der Waals surface area contributed by atoms with Gasteiger partial charge in [-0.25, -0.2) is 0 Å². The van der Waals surface area contributed by atoms with Crippen LogP contribution in [0, 0.1) is 0 Å². The molecule has 3 N–H and O–H groups in total. The summed E-state index contributed by atoms with van der Waals surface area (Å²) in [4.78, 5) is 22.2. The van der Waals surface area contributed by atoms with Gasteiger partial charge in [-0.2, -0.15) is 0 Å². The standard InChI is InChI=1S/C18H22N2O2.C6H10O2/c21-14-6-2-5-9-18(22)20-17-12-10-16(11-13-17)19-15-7-3-1-4-8-15;7-6-4-2-1-3-5-8-6/h1,3-4,7-8,10-13,19,21H,2,5-6,9,14H2,(H,20,22);1-5H2. The van der Waals surface area contributed by atoms with Crippen LogP contribution >= 0.6 is 0 Å². The summed E-state index contributed by atoms with van der Waals surface area (Å²) in [6, 6.07) is 17.6. The zero-order valence-corrected chi connectivity index (χ0v) is 17.4. The Morgan fingerprint density at radius 1 is 0.867 bits per heavy atom. The number of carbonyl (C=O) groups excluding carboxylic acids is 2. The van der Waals surface area contributed by atoms with Crippen molar-refractivity contribution in [3.05, 3.63) is 54.6 Å². The third-order valence-electron chi connectivity index (χ3n) is 4.58. The number of carbonyl (C=O) groups is 2. The van der Waals surface area contributed by atoms with E-state index in [0.29, 0.717) is 19.4 Å². The summed E-state index contributed by atoms with van der Waals surface area (Å²) in [5.41, 5.74) is 2.81. The second-order valence-electron chi connectivity index (χ2n) is 7.18. The van der Waals surface area contributed by atoms with Gasteiger partial charge in [0.1, 0.15) is 0 Å². The highest BCUT2D eigenvalue weighted by Crippen LogP contribution is 2.18. The highest BCUT2D eigenvalue weighted by molar-refractivity contribution is 5.90. The molecule has 30 heavy (non-hydrogen) atoms. The molecule has 0 radical (unpaired) electrons. The molecule has 0 aromatic heterocycles. The largest absolute Gasteiger partial charge is 0.466 e. The molecule has 3 rings (SSSR count). The maximum absolute atomic E-state index is 11.8. The van der Waals surface area contributed by atoms with Gasteiger partial charge in [0.05, 0.1) is 6.61 Å². The molecule has 0 saturated carbocycles. The van der Waals surface area contributed by atoms with Crippen molar-refractivity contribution in [1.29, 1.82) is 0 Å². The lowest BCUT2D eigenvalue weighted by atomic mass is 10.2.